The van der Waals surface area contributed by atoms with Crippen molar-refractivity contribution in [3.05, 3.63) is 35.9 Å². The van der Waals surface area contributed by atoms with Crippen LogP contribution in [0.15, 0.2) is 30.3 Å². The fraction of sp³-hybridized carbons (Fsp3) is 0.308. The summed E-state index contributed by atoms with van der Waals surface area (Å²) < 4.78 is 5.24. The Labute approximate surface area is 115 Å². The molecule has 1 atom stereocenters. The quantitative estimate of drug-likeness (QED) is 0.698. The lowest BCUT2D eigenvalue weighted by Gasteiger charge is -2.12. The van der Waals surface area contributed by atoms with Gasteiger partial charge in [0.05, 0.1) is 0 Å². The van der Waals surface area contributed by atoms with E-state index in [0.717, 1.165) is 6.42 Å². The first-order valence-electron chi connectivity index (χ1n) is 5.75. The van der Waals surface area contributed by atoms with Crippen molar-refractivity contribution in [2.45, 2.75) is 19.4 Å². The van der Waals surface area contributed by atoms with Crippen molar-refractivity contribution < 1.29 is 34.4 Å². The van der Waals surface area contributed by atoms with Gasteiger partial charge in [0.15, 0.2) is 6.10 Å². The highest BCUT2D eigenvalue weighted by atomic mass is 16.5. The number of aliphatic carboxylic acids is 3. The van der Waals surface area contributed by atoms with Crippen LogP contribution in [-0.4, -0.2) is 39.8 Å². The molecule has 0 fully saturated rings. The SMILES string of the molecule is CCCOC(C(=O)O)c1ccccc1.O=C(O)C(=O)O. The normalized spacial score (nSPS) is 10.8. The molecule has 1 unspecified atom stereocenters. The van der Waals surface area contributed by atoms with E-state index in [-0.39, 0.29) is 0 Å². The van der Waals surface area contributed by atoms with Crippen LogP contribution in [-0.2, 0) is 19.1 Å². The van der Waals surface area contributed by atoms with Crippen molar-refractivity contribution in [2.24, 2.45) is 0 Å². The molecule has 0 bridgehead atoms. The Morgan fingerprint density at radius 1 is 1.05 bits per heavy atom. The van der Waals surface area contributed by atoms with Crippen LogP contribution in [0.3, 0.4) is 0 Å². The largest absolute Gasteiger partial charge is 0.479 e. The molecule has 0 saturated carbocycles. The molecule has 0 saturated heterocycles. The Hall–Kier alpha value is -2.41. The predicted molar refractivity (Wildman–Crippen MR) is 68.3 cm³/mol. The standard InChI is InChI=1S/C11H14O3.C2H2O4/c1-2-8-14-10(11(12)13)9-6-4-3-5-7-9;3-1(4)2(5)6/h3-7,10H,2,8H2,1H3,(H,12,13);(H,3,4)(H,5,6). The fourth-order valence-electron chi connectivity index (χ4n) is 1.17. The van der Waals surface area contributed by atoms with E-state index in [1.807, 2.05) is 13.0 Å². The van der Waals surface area contributed by atoms with E-state index in [1.165, 1.54) is 0 Å². The summed E-state index contributed by atoms with van der Waals surface area (Å²) in [4.78, 5) is 29.1. The molecule has 0 aliphatic rings. The topological polar surface area (TPSA) is 121 Å². The molecule has 7 nitrogen and oxygen atoms in total. The first-order valence-corrected chi connectivity index (χ1v) is 5.75. The highest BCUT2D eigenvalue weighted by Gasteiger charge is 2.19. The second-order valence-electron chi connectivity index (χ2n) is 3.61. The zero-order chi connectivity index (χ0) is 15.5. The average molecular weight is 284 g/mol. The van der Waals surface area contributed by atoms with Gasteiger partial charge in [-0.3, -0.25) is 0 Å². The predicted octanol–water partition coefficient (Wildman–Crippen LogP) is 1.39. The molecule has 0 radical (unpaired) electrons. The lowest BCUT2D eigenvalue weighted by atomic mass is 10.1. The van der Waals surface area contributed by atoms with Gasteiger partial charge in [0.25, 0.3) is 0 Å². The van der Waals surface area contributed by atoms with Gasteiger partial charge in [-0.25, -0.2) is 14.4 Å². The maximum atomic E-state index is 10.9. The monoisotopic (exact) mass is 284 g/mol. The van der Waals surface area contributed by atoms with Gasteiger partial charge in [-0.05, 0) is 12.0 Å². The zero-order valence-corrected chi connectivity index (χ0v) is 10.9. The van der Waals surface area contributed by atoms with Crippen LogP contribution in [0.1, 0.15) is 25.0 Å². The summed E-state index contributed by atoms with van der Waals surface area (Å²) in [6, 6.07) is 8.98. The molecule has 20 heavy (non-hydrogen) atoms. The van der Waals surface area contributed by atoms with Crippen molar-refractivity contribution in [1.29, 1.82) is 0 Å². The number of carbonyl (C=O) groups is 3. The van der Waals surface area contributed by atoms with E-state index in [0.29, 0.717) is 12.2 Å². The highest BCUT2D eigenvalue weighted by Crippen LogP contribution is 2.17. The second-order valence-corrected chi connectivity index (χ2v) is 3.61. The first kappa shape index (κ1) is 17.6. The molecule has 0 amide bonds. The number of rotatable bonds is 5. The summed E-state index contributed by atoms with van der Waals surface area (Å²) in [5.74, 6) is -4.59. The van der Waals surface area contributed by atoms with Gasteiger partial charge in [-0.15, -0.1) is 0 Å². The Balaban J connectivity index is 0.000000511. The lowest BCUT2D eigenvalue weighted by Crippen LogP contribution is -2.15. The van der Waals surface area contributed by atoms with Crippen molar-refractivity contribution in [1.82, 2.24) is 0 Å². The van der Waals surface area contributed by atoms with E-state index in [4.69, 9.17) is 29.6 Å². The van der Waals surface area contributed by atoms with Crippen molar-refractivity contribution in [3.63, 3.8) is 0 Å². The van der Waals surface area contributed by atoms with Crippen molar-refractivity contribution in [3.8, 4) is 0 Å². The van der Waals surface area contributed by atoms with E-state index < -0.39 is 24.0 Å². The molecule has 3 N–H and O–H groups in total. The van der Waals surface area contributed by atoms with Gasteiger partial charge in [0.1, 0.15) is 0 Å². The second kappa shape index (κ2) is 9.51. The number of ether oxygens (including phenoxy) is 1. The van der Waals surface area contributed by atoms with Gasteiger partial charge in [-0.2, -0.15) is 0 Å². The van der Waals surface area contributed by atoms with Gasteiger partial charge in [0.2, 0.25) is 0 Å². The molecule has 7 heteroatoms. The molecule has 0 aliphatic carbocycles. The molecule has 1 aromatic rings. The summed E-state index contributed by atoms with van der Waals surface area (Å²) in [6.45, 7) is 2.41. The third-order valence-corrected chi connectivity index (χ3v) is 2.00. The van der Waals surface area contributed by atoms with Crippen LogP contribution in [0.25, 0.3) is 0 Å². The highest BCUT2D eigenvalue weighted by molar-refractivity contribution is 6.27. The molecule has 1 rings (SSSR count). The fourth-order valence-corrected chi connectivity index (χ4v) is 1.17. The number of benzene rings is 1. The minimum atomic E-state index is -1.82. The summed E-state index contributed by atoms with van der Waals surface area (Å²) in [7, 11) is 0. The van der Waals surface area contributed by atoms with Gasteiger partial charge < -0.3 is 20.1 Å². The van der Waals surface area contributed by atoms with Crippen molar-refractivity contribution >= 4 is 17.9 Å². The summed E-state index contributed by atoms with van der Waals surface area (Å²) in [6.07, 6.45) is -0.0208. The Bertz CT molecular complexity index is 429. The Kier molecular flexibility index (Phi) is 8.36. The summed E-state index contributed by atoms with van der Waals surface area (Å²) >= 11 is 0. The maximum absolute atomic E-state index is 10.9. The molecule has 0 heterocycles. The van der Waals surface area contributed by atoms with E-state index in [1.54, 1.807) is 24.3 Å². The maximum Gasteiger partial charge on any atom is 0.414 e. The first-order chi connectivity index (χ1) is 9.40. The van der Waals surface area contributed by atoms with Gasteiger partial charge in [-0.1, -0.05) is 37.3 Å². The van der Waals surface area contributed by atoms with Gasteiger partial charge >= 0.3 is 17.9 Å². The summed E-state index contributed by atoms with van der Waals surface area (Å²) in [5, 5.41) is 23.7. The van der Waals surface area contributed by atoms with Crippen LogP contribution in [0.5, 0.6) is 0 Å². The molecular weight excluding hydrogens is 268 g/mol. The zero-order valence-electron chi connectivity index (χ0n) is 10.9. The van der Waals surface area contributed by atoms with E-state index in [9.17, 15) is 4.79 Å². The Morgan fingerprint density at radius 2 is 1.55 bits per heavy atom. The number of hydrogen-bond acceptors (Lipinski definition) is 4. The molecular formula is C13H16O7. The minimum absolute atomic E-state index is 0.464. The van der Waals surface area contributed by atoms with Gasteiger partial charge in [0, 0.05) is 6.61 Å². The number of hydrogen-bond donors (Lipinski definition) is 3. The van der Waals surface area contributed by atoms with Crippen LogP contribution >= 0.6 is 0 Å². The molecule has 0 aromatic heterocycles. The van der Waals surface area contributed by atoms with E-state index in [2.05, 4.69) is 0 Å². The lowest BCUT2D eigenvalue weighted by molar-refractivity contribution is -0.159. The smallest absolute Gasteiger partial charge is 0.414 e. The molecule has 0 spiro atoms. The molecule has 1 aromatic carbocycles. The third-order valence-electron chi connectivity index (χ3n) is 2.00. The van der Waals surface area contributed by atoms with Crippen LogP contribution < -0.4 is 0 Å². The van der Waals surface area contributed by atoms with Crippen LogP contribution in [0.2, 0.25) is 0 Å². The van der Waals surface area contributed by atoms with E-state index >= 15 is 0 Å². The van der Waals surface area contributed by atoms with Crippen LogP contribution in [0, 0.1) is 0 Å². The molecule has 110 valence electrons. The number of carboxylic acid groups (broad SMARTS) is 3. The summed E-state index contributed by atoms with van der Waals surface area (Å²) in [5.41, 5.74) is 0.688. The third kappa shape index (κ3) is 7.12. The number of carboxylic acids is 3. The molecule has 0 aliphatic heterocycles. The average Bonchev–Trinajstić information content (AvgIpc) is 2.40. The minimum Gasteiger partial charge on any atom is -0.479 e. The Morgan fingerprint density at radius 3 is 1.90 bits per heavy atom. The van der Waals surface area contributed by atoms with Crippen molar-refractivity contribution in [2.75, 3.05) is 6.61 Å². The van der Waals surface area contributed by atoms with Crippen LogP contribution in [0.4, 0.5) is 0 Å².